The van der Waals surface area contributed by atoms with Crippen LogP contribution >= 0.6 is 11.6 Å². The van der Waals surface area contributed by atoms with Gasteiger partial charge in [0.25, 0.3) is 11.8 Å². The number of imidazole rings is 1. The molecular formula is C45H54ClN9O5. The molecule has 5 aliphatic rings. The number of hydrogen-bond donors (Lipinski definition) is 3. The molecular weight excluding hydrogens is 782 g/mol. The average molecular weight is 836 g/mol. The standard InChI is InChI=1S/C45H54ClN9O5/c1-28(56)47-19-20-48-32-10-6-21-55-38(32)25-34(51-55)42(58)54-23-12-30-29(7-5-11-36(30)54)31-8-4-9-33(39(31)46)50-41(57)40-49-35-26-53(22-13-37(35)52(40)2)24-18-44-14-16-45(27-44,17-15-44)43(59)60-3/h4-5,7-9,11,25,32,48H,6,10,12-24,26-27H2,1-3H3,(H,47,56)(H,50,57). The zero-order valence-corrected chi connectivity index (χ0v) is 35.5. The van der Waals surface area contributed by atoms with Gasteiger partial charge in [0.1, 0.15) is 0 Å². The second-order valence-electron chi connectivity index (χ2n) is 17.6. The molecule has 0 radical (unpaired) electrons. The number of fused-ring (bicyclic) bond motifs is 5. The van der Waals surface area contributed by atoms with Crippen LogP contribution in [-0.2, 0) is 47.3 Å². The maximum absolute atomic E-state index is 14.1. The molecule has 1 atom stereocenters. The maximum Gasteiger partial charge on any atom is 0.311 e. The lowest BCUT2D eigenvalue weighted by molar-refractivity contribution is -0.152. The first-order chi connectivity index (χ1) is 29.0. The highest BCUT2D eigenvalue weighted by atomic mass is 35.5. The number of rotatable bonds is 12. The maximum atomic E-state index is 14.1. The third-order valence-corrected chi connectivity index (χ3v) is 14.5. The van der Waals surface area contributed by atoms with E-state index in [0.29, 0.717) is 54.8 Å². The van der Waals surface area contributed by atoms with Crippen molar-refractivity contribution in [2.75, 3.05) is 50.1 Å². The van der Waals surface area contributed by atoms with Gasteiger partial charge in [0.2, 0.25) is 5.91 Å². The molecule has 2 fully saturated rings. The molecule has 0 spiro atoms. The number of benzene rings is 2. The number of nitrogens with one attached hydrogen (secondary N) is 3. The van der Waals surface area contributed by atoms with Gasteiger partial charge in [-0.15, -0.1) is 0 Å². The third-order valence-electron chi connectivity index (χ3n) is 14.0. The van der Waals surface area contributed by atoms with Crippen LogP contribution in [0.25, 0.3) is 11.1 Å². The van der Waals surface area contributed by atoms with Crippen LogP contribution in [0, 0.1) is 10.8 Å². The minimum absolute atomic E-state index is 0.0359. The summed E-state index contributed by atoms with van der Waals surface area (Å²) < 4.78 is 9.02. The third kappa shape index (κ3) is 7.30. The number of amides is 3. The molecule has 14 nitrogen and oxygen atoms in total. The fourth-order valence-electron chi connectivity index (χ4n) is 10.9. The molecule has 3 amide bonds. The lowest BCUT2D eigenvalue weighted by Crippen LogP contribution is -2.34. The molecule has 5 heterocycles. The second-order valence-corrected chi connectivity index (χ2v) is 17.9. The van der Waals surface area contributed by atoms with Gasteiger partial charge in [-0.05, 0) is 99.1 Å². The van der Waals surface area contributed by atoms with Crippen LogP contribution in [0.2, 0.25) is 5.02 Å². The average Bonchev–Trinajstić information content (AvgIpc) is 4.10. The summed E-state index contributed by atoms with van der Waals surface area (Å²) in [6.07, 6.45) is 9.36. The Morgan fingerprint density at radius 1 is 0.983 bits per heavy atom. The highest BCUT2D eigenvalue weighted by Crippen LogP contribution is 2.63. The lowest BCUT2D eigenvalue weighted by Gasteiger charge is -2.32. The summed E-state index contributed by atoms with van der Waals surface area (Å²) in [4.78, 5) is 60.9. The summed E-state index contributed by atoms with van der Waals surface area (Å²) in [5.74, 6) is -0.219. The van der Waals surface area contributed by atoms with E-state index in [0.717, 1.165) is 117 Å². The van der Waals surface area contributed by atoms with Crippen molar-refractivity contribution in [3.05, 3.63) is 81.7 Å². The Kier molecular flexibility index (Phi) is 10.8. The molecule has 316 valence electrons. The van der Waals surface area contributed by atoms with E-state index in [2.05, 4.69) is 20.9 Å². The van der Waals surface area contributed by atoms with Gasteiger partial charge in [0.15, 0.2) is 11.5 Å². The molecule has 3 aliphatic heterocycles. The topological polar surface area (TPSA) is 156 Å². The minimum atomic E-state index is -0.324. The second kappa shape index (κ2) is 16.1. The Morgan fingerprint density at radius 3 is 2.58 bits per heavy atom. The Bertz CT molecular complexity index is 2360. The largest absolute Gasteiger partial charge is 0.469 e. The summed E-state index contributed by atoms with van der Waals surface area (Å²) in [6.45, 7) is 6.46. The number of aromatic nitrogens is 4. The van der Waals surface area contributed by atoms with Gasteiger partial charge in [-0.3, -0.25) is 28.8 Å². The van der Waals surface area contributed by atoms with Gasteiger partial charge < -0.3 is 30.2 Å². The van der Waals surface area contributed by atoms with Crippen LogP contribution in [0.1, 0.15) is 108 Å². The Morgan fingerprint density at radius 2 is 1.78 bits per heavy atom. The smallest absolute Gasteiger partial charge is 0.311 e. The van der Waals surface area contributed by atoms with Crippen molar-refractivity contribution >= 4 is 46.7 Å². The number of methoxy groups -OCH3 is 1. The van der Waals surface area contributed by atoms with E-state index in [1.165, 1.54) is 14.0 Å². The van der Waals surface area contributed by atoms with Crippen molar-refractivity contribution in [1.29, 1.82) is 0 Å². The summed E-state index contributed by atoms with van der Waals surface area (Å²) in [7, 11) is 3.41. The summed E-state index contributed by atoms with van der Waals surface area (Å²) >= 11 is 7.12. The predicted octanol–water partition coefficient (Wildman–Crippen LogP) is 5.82. The van der Waals surface area contributed by atoms with E-state index in [4.69, 9.17) is 26.4 Å². The molecule has 15 heteroatoms. The lowest BCUT2D eigenvalue weighted by atomic mass is 9.80. The molecule has 9 rings (SSSR count). The van der Waals surface area contributed by atoms with E-state index in [9.17, 15) is 19.2 Å². The number of halogens is 1. The highest BCUT2D eigenvalue weighted by Gasteiger charge is 2.58. The van der Waals surface area contributed by atoms with Gasteiger partial charge in [0, 0.05) is 82.6 Å². The van der Waals surface area contributed by atoms with Crippen molar-refractivity contribution in [2.24, 2.45) is 17.9 Å². The molecule has 0 saturated heterocycles. The van der Waals surface area contributed by atoms with Crippen LogP contribution in [0.5, 0.6) is 0 Å². The molecule has 4 aromatic rings. The fraction of sp³-hybridized carbons (Fsp3) is 0.511. The molecule has 2 aromatic carbocycles. The van der Waals surface area contributed by atoms with Gasteiger partial charge in [-0.2, -0.15) is 5.10 Å². The summed E-state index contributed by atoms with van der Waals surface area (Å²) in [5, 5.41) is 14.5. The molecule has 1 unspecified atom stereocenters. The Balaban J connectivity index is 0.866. The quantitative estimate of drug-likeness (QED) is 0.118. The van der Waals surface area contributed by atoms with Gasteiger partial charge in [-0.25, -0.2) is 4.98 Å². The zero-order chi connectivity index (χ0) is 41.8. The van der Waals surface area contributed by atoms with E-state index < -0.39 is 0 Å². The number of anilines is 2. The number of carbonyl (C=O) groups excluding carboxylic acids is 4. The van der Waals surface area contributed by atoms with Crippen LogP contribution in [0.4, 0.5) is 11.4 Å². The molecule has 2 saturated carbocycles. The van der Waals surface area contributed by atoms with E-state index in [1.807, 2.05) is 52.7 Å². The van der Waals surface area contributed by atoms with Crippen LogP contribution < -0.4 is 20.9 Å². The van der Waals surface area contributed by atoms with Crippen molar-refractivity contribution < 1.29 is 23.9 Å². The molecule has 60 heavy (non-hydrogen) atoms. The number of esters is 1. The molecule has 2 aliphatic carbocycles. The summed E-state index contributed by atoms with van der Waals surface area (Å²) in [6, 6.07) is 13.5. The van der Waals surface area contributed by atoms with Crippen LogP contribution in [0.3, 0.4) is 0 Å². The highest BCUT2D eigenvalue weighted by molar-refractivity contribution is 6.36. The first-order valence-corrected chi connectivity index (χ1v) is 21.8. The van der Waals surface area contributed by atoms with Crippen molar-refractivity contribution in [3.63, 3.8) is 0 Å². The van der Waals surface area contributed by atoms with E-state index in [1.54, 1.807) is 11.0 Å². The SMILES string of the molecule is COC(=O)C12CCC(CCN3CCc4c(nc(C(=O)Nc5cccc(-c6cccc7c6CCN7C(=O)c6cc7n(n6)CCCC7NCCNC(C)=O)c5Cl)n4C)C3)(CC1)C2. The fourth-order valence-corrected chi connectivity index (χ4v) is 11.1. The first kappa shape index (κ1) is 40.4. The van der Waals surface area contributed by atoms with Gasteiger partial charge in [0.05, 0.1) is 34.6 Å². The summed E-state index contributed by atoms with van der Waals surface area (Å²) in [5.41, 5.74) is 7.36. The van der Waals surface area contributed by atoms with E-state index >= 15 is 0 Å². The van der Waals surface area contributed by atoms with Crippen molar-refractivity contribution in [3.8, 4) is 11.1 Å². The Labute approximate surface area is 355 Å². The van der Waals surface area contributed by atoms with E-state index in [-0.39, 0.29) is 40.6 Å². The number of nitrogens with zero attached hydrogens (tertiary/aromatic N) is 6. The van der Waals surface area contributed by atoms with Crippen molar-refractivity contribution in [1.82, 2.24) is 34.9 Å². The van der Waals surface area contributed by atoms with Gasteiger partial charge >= 0.3 is 5.97 Å². The monoisotopic (exact) mass is 835 g/mol. The number of ether oxygens (including phenoxy) is 1. The number of hydrogen-bond acceptors (Lipinski definition) is 9. The Hall–Kier alpha value is -5.05. The molecule has 2 bridgehead atoms. The van der Waals surface area contributed by atoms with Crippen LogP contribution in [0.15, 0.2) is 42.5 Å². The number of carbonyl (C=O) groups is 4. The van der Waals surface area contributed by atoms with Gasteiger partial charge in [-0.1, -0.05) is 35.9 Å². The zero-order valence-electron chi connectivity index (χ0n) is 34.7. The normalized spacial score (nSPS) is 22.9. The first-order valence-electron chi connectivity index (χ1n) is 21.4. The van der Waals surface area contributed by atoms with Crippen LogP contribution in [-0.4, -0.2) is 87.8 Å². The number of aryl methyl sites for hydroxylation is 1. The molecule has 3 N–H and O–H groups in total. The van der Waals surface area contributed by atoms with Crippen molar-refractivity contribution in [2.45, 2.75) is 90.3 Å². The molecule has 2 aromatic heterocycles. The predicted molar refractivity (Wildman–Crippen MR) is 228 cm³/mol. The minimum Gasteiger partial charge on any atom is -0.469 e.